The van der Waals surface area contributed by atoms with Crippen molar-refractivity contribution in [3.63, 3.8) is 0 Å². The van der Waals surface area contributed by atoms with Gasteiger partial charge in [-0.15, -0.1) is 0 Å². The number of hydrogen-bond donors (Lipinski definition) is 2. The highest BCUT2D eigenvalue weighted by atomic mass is 35.5. The van der Waals surface area contributed by atoms with Crippen LogP contribution in [0.15, 0.2) is 51.3 Å². The van der Waals surface area contributed by atoms with Gasteiger partial charge in [0, 0.05) is 6.92 Å². The Kier molecular flexibility index (Phi) is 5.62. The van der Waals surface area contributed by atoms with Gasteiger partial charge in [-0.2, -0.15) is 0 Å². The minimum atomic E-state index is -0.670. The first-order chi connectivity index (χ1) is 16.7. The zero-order valence-corrected chi connectivity index (χ0v) is 19.9. The molecule has 0 bridgehead atoms. The minimum Gasteiger partial charge on any atom is -0.503 e. The second-order valence-electron chi connectivity index (χ2n) is 7.60. The molecule has 0 aliphatic carbocycles. The Balaban J connectivity index is 1.74. The predicted molar refractivity (Wildman–Crippen MR) is 127 cm³/mol. The van der Waals surface area contributed by atoms with E-state index in [0.717, 1.165) is 4.70 Å². The van der Waals surface area contributed by atoms with Crippen LogP contribution in [0.25, 0.3) is 26.8 Å². The van der Waals surface area contributed by atoms with Crippen LogP contribution >= 0.6 is 22.9 Å². The van der Waals surface area contributed by atoms with Crippen LogP contribution < -0.4 is 0 Å². The summed E-state index contributed by atoms with van der Waals surface area (Å²) >= 11 is 7.48. The lowest BCUT2D eigenvalue weighted by atomic mass is 10.1. The van der Waals surface area contributed by atoms with Crippen LogP contribution in [-0.2, 0) is 16.1 Å². The van der Waals surface area contributed by atoms with Crippen molar-refractivity contribution in [2.75, 3.05) is 0 Å². The third-order valence-corrected chi connectivity index (χ3v) is 6.49. The lowest BCUT2D eigenvalue weighted by Gasteiger charge is -2.06. The Hall–Kier alpha value is -4.02. The zero-order chi connectivity index (χ0) is 24.9. The number of aromatic hydroxyl groups is 2. The lowest BCUT2D eigenvalue weighted by molar-refractivity contribution is -0.142. The fourth-order valence-corrected chi connectivity index (χ4v) is 4.89. The zero-order valence-electron chi connectivity index (χ0n) is 18.4. The van der Waals surface area contributed by atoms with Gasteiger partial charge in [-0.3, -0.25) is 9.59 Å². The van der Waals surface area contributed by atoms with Crippen molar-refractivity contribution in [2.45, 2.75) is 20.5 Å². The van der Waals surface area contributed by atoms with Gasteiger partial charge in [0.05, 0.1) is 9.72 Å². The molecule has 5 rings (SSSR count). The Bertz CT molecular complexity index is 1610. The topological polar surface area (TPSA) is 128 Å². The highest BCUT2D eigenvalue weighted by Gasteiger charge is 2.34. The molecule has 35 heavy (non-hydrogen) atoms. The van der Waals surface area contributed by atoms with Crippen molar-refractivity contribution in [3.8, 4) is 28.2 Å². The van der Waals surface area contributed by atoms with E-state index in [2.05, 4.69) is 4.98 Å². The van der Waals surface area contributed by atoms with Crippen LogP contribution in [0, 0.1) is 6.92 Å². The highest BCUT2D eigenvalue weighted by Crippen LogP contribution is 2.46. The third kappa shape index (κ3) is 3.96. The molecule has 0 fully saturated rings. The number of nitrogens with zero attached hydrogens (tertiary/aromatic N) is 2. The molecule has 1 aromatic carbocycles. The van der Waals surface area contributed by atoms with E-state index in [-0.39, 0.29) is 34.5 Å². The number of benzene rings is 1. The number of para-hydroxylation sites is 1. The van der Waals surface area contributed by atoms with Crippen LogP contribution in [0.4, 0.5) is 0 Å². The number of furan rings is 2. The van der Waals surface area contributed by atoms with Gasteiger partial charge in [-0.25, -0.2) is 9.55 Å². The van der Waals surface area contributed by atoms with E-state index in [1.54, 1.807) is 31.2 Å². The third-order valence-electron chi connectivity index (χ3n) is 5.17. The van der Waals surface area contributed by atoms with Crippen molar-refractivity contribution in [2.24, 2.45) is 0 Å². The molecule has 5 aromatic rings. The summed E-state index contributed by atoms with van der Waals surface area (Å²) in [5.41, 5.74) is 0.302. The van der Waals surface area contributed by atoms with Gasteiger partial charge in [0.15, 0.2) is 22.4 Å². The van der Waals surface area contributed by atoms with Gasteiger partial charge in [0.2, 0.25) is 11.7 Å². The summed E-state index contributed by atoms with van der Waals surface area (Å²) in [5, 5.41) is 22.5. The van der Waals surface area contributed by atoms with Crippen LogP contribution in [0.3, 0.4) is 0 Å². The van der Waals surface area contributed by atoms with Crippen LogP contribution in [0.1, 0.15) is 34.6 Å². The highest BCUT2D eigenvalue weighted by molar-refractivity contribution is 7.21. The molecular weight excluding hydrogens is 496 g/mol. The Morgan fingerprint density at radius 1 is 1.14 bits per heavy atom. The lowest BCUT2D eigenvalue weighted by Crippen LogP contribution is -2.03. The summed E-state index contributed by atoms with van der Waals surface area (Å²) < 4.78 is 18.2. The predicted octanol–water partition coefficient (Wildman–Crippen LogP) is 5.61. The Morgan fingerprint density at radius 3 is 2.63 bits per heavy atom. The van der Waals surface area contributed by atoms with Crippen molar-refractivity contribution in [1.82, 2.24) is 9.55 Å². The monoisotopic (exact) mass is 512 g/mol. The second-order valence-corrected chi connectivity index (χ2v) is 9.02. The van der Waals surface area contributed by atoms with Crippen molar-refractivity contribution < 1.29 is 33.4 Å². The van der Waals surface area contributed by atoms with Crippen LogP contribution in [0.2, 0.25) is 5.02 Å². The van der Waals surface area contributed by atoms with Gasteiger partial charge < -0.3 is 23.8 Å². The summed E-state index contributed by atoms with van der Waals surface area (Å²) in [6.45, 7) is 2.82. The van der Waals surface area contributed by atoms with E-state index in [1.807, 2.05) is 6.07 Å². The number of aromatic nitrogens is 2. The number of aryl methyl sites for hydroxylation is 1. The molecular formula is C24H17ClN2O7S. The molecule has 0 aliphatic rings. The summed E-state index contributed by atoms with van der Waals surface area (Å²) in [7, 11) is 0. The summed E-state index contributed by atoms with van der Waals surface area (Å²) in [6, 6.07) is 11.4. The first kappa shape index (κ1) is 22.8. The van der Waals surface area contributed by atoms with Crippen molar-refractivity contribution in [1.29, 1.82) is 0 Å². The molecule has 4 aromatic heterocycles. The number of thiazole rings is 1. The maximum atomic E-state index is 13.4. The molecule has 178 valence electrons. The first-order valence-corrected chi connectivity index (χ1v) is 11.5. The summed E-state index contributed by atoms with van der Waals surface area (Å²) in [4.78, 5) is 29.1. The number of fused-ring (bicyclic) bond motifs is 1. The van der Waals surface area contributed by atoms with Crippen LogP contribution in [0.5, 0.6) is 11.6 Å². The number of halogens is 1. The molecule has 0 aliphatic heterocycles. The molecule has 4 heterocycles. The molecule has 0 unspecified atom stereocenters. The SMILES string of the molecule is CC(=O)OCc1ccc(-c2c(C(=O)c3ccc(C)o3)c(O)c(O)n2-c2nc3c(Cl)cccc3s2)o1. The maximum absolute atomic E-state index is 13.4. The van der Waals surface area contributed by atoms with Gasteiger partial charge >= 0.3 is 5.97 Å². The molecule has 11 heteroatoms. The maximum Gasteiger partial charge on any atom is 0.303 e. The van der Waals surface area contributed by atoms with E-state index in [1.165, 1.54) is 35.0 Å². The standard InChI is InChI=1S/C24H17ClN2O7S/c1-11-6-8-16(33-11)21(29)18-20(15-9-7-13(34-15)10-32-12(2)28)27(23(31)22(18)30)24-26-19-14(25)4-3-5-17(19)35-24/h3-9,30-31H,10H2,1-2H3. The Labute approximate surface area is 206 Å². The molecule has 0 saturated heterocycles. The fraction of sp³-hybridized carbons (Fsp3) is 0.125. The molecule has 0 radical (unpaired) electrons. The van der Waals surface area contributed by atoms with E-state index >= 15 is 0 Å². The number of rotatable bonds is 6. The normalized spacial score (nSPS) is 11.3. The second kappa shape index (κ2) is 8.64. The molecule has 9 nitrogen and oxygen atoms in total. The molecule has 2 N–H and O–H groups in total. The molecule has 0 spiro atoms. The smallest absolute Gasteiger partial charge is 0.303 e. The molecule has 0 amide bonds. The number of esters is 1. The summed E-state index contributed by atoms with van der Waals surface area (Å²) in [5.74, 6) is -1.55. The van der Waals surface area contributed by atoms with E-state index in [0.29, 0.717) is 22.1 Å². The number of carbonyl (C=O) groups is 2. The van der Waals surface area contributed by atoms with E-state index < -0.39 is 23.4 Å². The number of hydrogen-bond acceptors (Lipinski definition) is 9. The van der Waals surface area contributed by atoms with Crippen LogP contribution in [-0.4, -0.2) is 31.5 Å². The quantitative estimate of drug-likeness (QED) is 0.222. The summed E-state index contributed by atoms with van der Waals surface area (Å²) in [6.07, 6.45) is 0. The molecule has 0 saturated carbocycles. The van der Waals surface area contributed by atoms with Gasteiger partial charge in [-0.1, -0.05) is 29.0 Å². The van der Waals surface area contributed by atoms with Gasteiger partial charge in [0.1, 0.15) is 34.9 Å². The molecule has 0 atom stereocenters. The largest absolute Gasteiger partial charge is 0.503 e. The number of ketones is 1. The minimum absolute atomic E-state index is 0.0322. The number of ether oxygens (including phenoxy) is 1. The van der Waals surface area contributed by atoms with E-state index in [9.17, 15) is 19.8 Å². The van der Waals surface area contributed by atoms with Gasteiger partial charge in [-0.05, 0) is 43.3 Å². The fourth-order valence-electron chi connectivity index (χ4n) is 3.62. The van der Waals surface area contributed by atoms with E-state index in [4.69, 9.17) is 25.2 Å². The number of carbonyl (C=O) groups excluding carboxylic acids is 2. The van der Waals surface area contributed by atoms with Gasteiger partial charge in [0.25, 0.3) is 0 Å². The van der Waals surface area contributed by atoms with Crippen molar-refractivity contribution >= 4 is 44.9 Å². The average molecular weight is 513 g/mol. The average Bonchev–Trinajstić information content (AvgIpc) is 3.59. The Morgan fingerprint density at radius 2 is 1.94 bits per heavy atom. The van der Waals surface area contributed by atoms with Crippen molar-refractivity contribution in [3.05, 3.63) is 70.3 Å². The first-order valence-electron chi connectivity index (χ1n) is 10.3.